The number of nitro benzene ring substituents is 2. The Morgan fingerprint density at radius 1 is 1.00 bits per heavy atom. The molecule has 0 aliphatic carbocycles. The number of non-ortho nitro benzene ring substituents is 1. The van der Waals surface area contributed by atoms with Crippen molar-refractivity contribution in [2.24, 2.45) is 0 Å². The number of hydrogen-bond donors (Lipinski definition) is 1. The van der Waals surface area contributed by atoms with Gasteiger partial charge in [0.1, 0.15) is 0 Å². The smallest absolute Gasteiger partial charge is 0.273 e. The lowest BCUT2D eigenvalue weighted by molar-refractivity contribution is -0.396. The molecule has 13 heteroatoms. The van der Waals surface area contributed by atoms with Gasteiger partial charge in [-0.1, -0.05) is 0 Å². The molecule has 0 saturated carbocycles. The normalized spacial score (nSPS) is 12.1. The Kier molecular flexibility index (Phi) is 3.56. The number of benzene rings is 1. The molecule has 1 aromatic carbocycles. The molecule has 19 heavy (non-hydrogen) atoms. The fourth-order valence-corrected chi connectivity index (χ4v) is 3.04. The second kappa shape index (κ2) is 4.52. The van der Waals surface area contributed by atoms with Crippen LogP contribution >= 0.6 is 0 Å². The number of nitro groups is 2. The largest absolute Gasteiger partial charge is 0.377 e. The third-order valence-corrected chi connectivity index (χ3v) is 5.54. The number of nitrogens with zero attached hydrogens (tertiary/aromatic N) is 2. The number of rotatable bonds is 4. The van der Waals surface area contributed by atoms with Crippen molar-refractivity contribution in [3.63, 3.8) is 0 Å². The highest BCUT2D eigenvalue weighted by atomic mass is 33.2. The van der Waals surface area contributed by atoms with E-state index >= 15 is 0 Å². The van der Waals surface area contributed by atoms with Gasteiger partial charge in [0.2, 0.25) is 0 Å². The molecule has 1 rings (SSSR count). The van der Waals surface area contributed by atoms with E-state index in [-0.39, 0.29) is 6.07 Å². The summed E-state index contributed by atoms with van der Waals surface area (Å²) in [5.74, 6) is 0. The second-order valence-electron chi connectivity index (χ2n) is 3.05. The molecule has 11 nitrogen and oxygen atoms in total. The Morgan fingerprint density at radius 3 is 1.89 bits per heavy atom. The van der Waals surface area contributed by atoms with Crippen LogP contribution in [0.15, 0.2) is 23.1 Å². The minimum Gasteiger partial charge on any atom is -0.273 e. The molecule has 1 aromatic rings. The van der Waals surface area contributed by atoms with Crippen LogP contribution in [0.3, 0.4) is 0 Å². The zero-order chi connectivity index (χ0) is 15.0. The third-order valence-electron chi connectivity index (χ3n) is 1.90. The molecule has 0 saturated heterocycles. The summed E-state index contributed by atoms with van der Waals surface area (Å²) >= 11 is 0. The maximum absolute atomic E-state index is 11.3. The van der Waals surface area contributed by atoms with E-state index in [4.69, 9.17) is 4.55 Å². The SMILES string of the molecule is O=[N+]([O-])c1ccc(S(=O)(=O)S(=O)(=O)O)c([N+](=O)[O-])c1. The first-order chi connectivity index (χ1) is 8.48. The second-order valence-corrected chi connectivity index (χ2v) is 7.83. The first-order valence-electron chi connectivity index (χ1n) is 4.14. The van der Waals surface area contributed by atoms with E-state index in [0.29, 0.717) is 12.1 Å². The van der Waals surface area contributed by atoms with Crippen molar-refractivity contribution < 1.29 is 31.2 Å². The summed E-state index contributed by atoms with van der Waals surface area (Å²) in [4.78, 5) is 17.3. The van der Waals surface area contributed by atoms with Crippen molar-refractivity contribution in [2.45, 2.75) is 4.90 Å². The van der Waals surface area contributed by atoms with Crippen molar-refractivity contribution >= 4 is 29.4 Å². The van der Waals surface area contributed by atoms with Crippen LogP contribution < -0.4 is 0 Å². The molecule has 0 amide bonds. The maximum Gasteiger partial charge on any atom is 0.377 e. The topological polar surface area (TPSA) is 175 Å². The summed E-state index contributed by atoms with van der Waals surface area (Å²) in [6, 6.07) is 1.20. The zero-order valence-corrected chi connectivity index (χ0v) is 10.3. The van der Waals surface area contributed by atoms with E-state index in [1.54, 1.807) is 0 Å². The van der Waals surface area contributed by atoms with Crippen LogP contribution in [0.25, 0.3) is 0 Å². The summed E-state index contributed by atoms with van der Waals surface area (Å²) in [5, 5.41) is 21.0. The first-order valence-corrected chi connectivity index (χ1v) is 7.58. The van der Waals surface area contributed by atoms with E-state index < -0.39 is 44.1 Å². The van der Waals surface area contributed by atoms with Crippen LogP contribution in [-0.2, 0) is 18.0 Å². The lowest BCUT2D eigenvalue weighted by Gasteiger charge is -2.02. The molecule has 0 unspecified atom stereocenters. The molecule has 0 atom stereocenters. The van der Waals surface area contributed by atoms with E-state index in [2.05, 4.69) is 0 Å². The van der Waals surface area contributed by atoms with Crippen LogP contribution in [-0.4, -0.2) is 31.2 Å². The molecule has 0 aromatic heterocycles. The van der Waals surface area contributed by atoms with Crippen molar-refractivity contribution in [1.82, 2.24) is 0 Å². The van der Waals surface area contributed by atoms with Gasteiger partial charge >= 0.3 is 18.0 Å². The van der Waals surface area contributed by atoms with Crippen LogP contribution in [0.1, 0.15) is 0 Å². The molecular formula is C6H4N2O9S2. The summed E-state index contributed by atoms with van der Waals surface area (Å²) in [7, 11) is -11.1. The Morgan fingerprint density at radius 2 is 1.53 bits per heavy atom. The molecule has 0 fully saturated rings. The minimum absolute atomic E-state index is 0.276. The molecule has 1 N–H and O–H groups in total. The van der Waals surface area contributed by atoms with E-state index in [0.717, 1.165) is 0 Å². The van der Waals surface area contributed by atoms with Crippen molar-refractivity contribution in [1.29, 1.82) is 0 Å². The summed E-state index contributed by atoms with van der Waals surface area (Å²) in [6.45, 7) is 0. The predicted octanol–water partition coefficient (Wildman–Crippen LogP) is 0.0795. The Bertz CT molecular complexity index is 764. The molecular weight excluding hydrogens is 308 g/mol. The van der Waals surface area contributed by atoms with Gasteiger partial charge in [-0.25, -0.2) is 8.42 Å². The highest BCUT2D eigenvalue weighted by Crippen LogP contribution is 2.30. The van der Waals surface area contributed by atoms with Crippen LogP contribution in [0.2, 0.25) is 0 Å². The Balaban J connectivity index is 3.73. The summed E-state index contributed by atoms with van der Waals surface area (Å²) in [5.41, 5.74) is -2.13. The van der Waals surface area contributed by atoms with E-state index in [9.17, 15) is 37.1 Å². The average molecular weight is 312 g/mol. The molecule has 0 heterocycles. The van der Waals surface area contributed by atoms with Crippen molar-refractivity contribution in [2.75, 3.05) is 0 Å². The highest BCUT2D eigenvalue weighted by molar-refractivity contribution is 8.65. The van der Waals surface area contributed by atoms with Gasteiger partial charge < -0.3 is 0 Å². The molecule has 0 spiro atoms. The van der Waals surface area contributed by atoms with Gasteiger partial charge in [-0.15, -0.1) is 0 Å². The fraction of sp³-hybridized carbons (Fsp3) is 0. The average Bonchev–Trinajstić information content (AvgIpc) is 2.26. The van der Waals surface area contributed by atoms with Crippen molar-refractivity contribution in [3.05, 3.63) is 38.4 Å². The van der Waals surface area contributed by atoms with Gasteiger partial charge in [0.05, 0.1) is 15.9 Å². The summed E-state index contributed by atoms with van der Waals surface area (Å²) in [6.07, 6.45) is 0. The summed E-state index contributed by atoms with van der Waals surface area (Å²) < 4.78 is 52.5. The molecule has 0 radical (unpaired) electrons. The van der Waals surface area contributed by atoms with Gasteiger partial charge in [0, 0.05) is 6.07 Å². The monoisotopic (exact) mass is 312 g/mol. The van der Waals surface area contributed by atoms with Crippen LogP contribution in [0.5, 0.6) is 0 Å². The van der Waals surface area contributed by atoms with Gasteiger partial charge in [-0.3, -0.25) is 24.8 Å². The number of hydrogen-bond acceptors (Lipinski definition) is 8. The van der Waals surface area contributed by atoms with Gasteiger partial charge in [-0.05, 0) is 6.07 Å². The maximum atomic E-state index is 11.3. The third kappa shape index (κ3) is 2.67. The lowest BCUT2D eigenvalue weighted by Crippen LogP contribution is -2.16. The van der Waals surface area contributed by atoms with Crippen LogP contribution in [0.4, 0.5) is 11.4 Å². The minimum atomic E-state index is -5.65. The van der Waals surface area contributed by atoms with Gasteiger partial charge in [-0.2, -0.15) is 8.42 Å². The van der Waals surface area contributed by atoms with Gasteiger partial charge in [0.25, 0.3) is 11.4 Å². The van der Waals surface area contributed by atoms with Crippen LogP contribution in [0, 0.1) is 20.2 Å². The standard InChI is InChI=1S/C6H4N2O9S2/c9-7(10)4-1-2-6(5(3-4)8(11)12)18(13,14)19(15,16)17/h1-3H,(H,15,16,17). The Labute approximate surface area is 104 Å². The molecule has 104 valence electrons. The predicted molar refractivity (Wildman–Crippen MR) is 58.5 cm³/mol. The first kappa shape index (κ1) is 14.9. The van der Waals surface area contributed by atoms with Crippen molar-refractivity contribution in [3.8, 4) is 0 Å². The Hall–Kier alpha value is -2.12. The zero-order valence-electron chi connectivity index (χ0n) is 8.66. The molecule has 0 aliphatic rings. The molecule has 0 aliphatic heterocycles. The van der Waals surface area contributed by atoms with E-state index in [1.807, 2.05) is 0 Å². The lowest BCUT2D eigenvalue weighted by atomic mass is 10.3. The highest BCUT2D eigenvalue weighted by Gasteiger charge is 2.37. The molecule has 0 bridgehead atoms. The fourth-order valence-electron chi connectivity index (χ4n) is 1.09. The quantitative estimate of drug-likeness (QED) is 0.349. The van der Waals surface area contributed by atoms with E-state index in [1.165, 1.54) is 0 Å². The van der Waals surface area contributed by atoms with Gasteiger partial charge in [0.15, 0.2) is 4.90 Å².